The summed E-state index contributed by atoms with van der Waals surface area (Å²) < 4.78 is 8.94. The van der Waals surface area contributed by atoms with Crippen molar-refractivity contribution in [2.24, 2.45) is 0 Å². The zero-order valence-electron chi connectivity index (χ0n) is 16.1. The lowest BCUT2D eigenvalue weighted by molar-refractivity contribution is 0.0193. The van der Waals surface area contributed by atoms with E-state index in [-0.39, 0.29) is 6.09 Å². The van der Waals surface area contributed by atoms with Gasteiger partial charge >= 0.3 is 6.09 Å². The minimum absolute atomic E-state index is 0.267. The minimum Gasteiger partial charge on any atom is -0.444 e. The average Bonchev–Trinajstić information content (AvgIpc) is 3.02. The molecule has 1 aromatic rings. The molecule has 0 N–H and O–H groups in total. The molecule has 3 rings (SSSR count). The first-order valence-electron chi connectivity index (χ1n) is 9.55. The standard InChI is InChI=1S/C18H30IN5O2/c1-18(2,3)26-17(25)23-11-12-24-15(13-23)20-21-16(24)14-5-9-22(10-6-14)8-4-7-19/h14H,4-13H2,1-3H3. The van der Waals surface area contributed by atoms with Gasteiger partial charge in [0.15, 0.2) is 5.82 Å². The van der Waals surface area contributed by atoms with Crippen LogP contribution >= 0.6 is 22.6 Å². The lowest BCUT2D eigenvalue weighted by atomic mass is 9.95. The molecule has 1 saturated heterocycles. The van der Waals surface area contributed by atoms with Crippen LogP contribution < -0.4 is 0 Å². The first-order valence-corrected chi connectivity index (χ1v) is 11.1. The number of rotatable bonds is 4. The Morgan fingerprint density at radius 1 is 1.19 bits per heavy atom. The lowest BCUT2D eigenvalue weighted by Gasteiger charge is -2.33. The molecule has 0 radical (unpaired) electrons. The second-order valence-electron chi connectivity index (χ2n) is 8.19. The molecule has 1 aromatic heterocycles. The molecule has 26 heavy (non-hydrogen) atoms. The first-order chi connectivity index (χ1) is 12.4. The molecule has 0 aromatic carbocycles. The summed E-state index contributed by atoms with van der Waals surface area (Å²) in [4.78, 5) is 16.6. The van der Waals surface area contributed by atoms with E-state index in [1.165, 1.54) is 17.4 Å². The van der Waals surface area contributed by atoms with Gasteiger partial charge in [0.2, 0.25) is 0 Å². The Balaban J connectivity index is 1.59. The predicted octanol–water partition coefficient (Wildman–Crippen LogP) is 3.03. The van der Waals surface area contributed by atoms with Crippen LogP contribution in [0.25, 0.3) is 0 Å². The van der Waals surface area contributed by atoms with Gasteiger partial charge in [0.25, 0.3) is 0 Å². The van der Waals surface area contributed by atoms with E-state index in [0.29, 0.717) is 19.0 Å². The number of piperidine rings is 1. The van der Waals surface area contributed by atoms with Gasteiger partial charge in [-0.1, -0.05) is 22.6 Å². The van der Waals surface area contributed by atoms with Crippen molar-refractivity contribution in [2.45, 2.75) is 64.6 Å². The molecule has 7 nitrogen and oxygen atoms in total. The maximum absolute atomic E-state index is 12.3. The van der Waals surface area contributed by atoms with Gasteiger partial charge in [-0.25, -0.2) is 4.79 Å². The maximum Gasteiger partial charge on any atom is 0.410 e. The number of likely N-dealkylation sites (tertiary alicyclic amines) is 1. The first kappa shape index (κ1) is 19.9. The molecular formula is C18H30IN5O2. The molecule has 2 aliphatic heterocycles. The van der Waals surface area contributed by atoms with Crippen molar-refractivity contribution >= 4 is 28.7 Å². The fourth-order valence-electron chi connectivity index (χ4n) is 3.66. The molecule has 0 saturated carbocycles. The number of carbonyl (C=O) groups is 1. The number of alkyl halides is 1. The maximum atomic E-state index is 12.3. The van der Waals surface area contributed by atoms with E-state index < -0.39 is 5.60 Å². The second-order valence-corrected chi connectivity index (χ2v) is 9.27. The third kappa shape index (κ3) is 4.88. The number of nitrogens with zero attached hydrogens (tertiary/aromatic N) is 5. The summed E-state index contributed by atoms with van der Waals surface area (Å²) in [6.07, 6.45) is 3.30. The Kier molecular flexibility index (Phi) is 6.42. The highest BCUT2D eigenvalue weighted by Crippen LogP contribution is 2.29. The highest BCUT2D eigenvalue weighted by Gasteiger charge is 2.31. The summed E-state index contributed by atoms with van der Waals surface area (Å²) in [5.41, 5.74) is -0.474. The Bertz CT molecular complexity index is 620. The van der Waals surface area contributed by atoms with E-state index in [0.717, 1.165) is 44.1 Å². The molecule has 8 heteroatoms. The fourth-order valence-corrected chi connectivity index (χ4v) is 4.00. The van der Waals surface area contributed by atoms with Gasteiger partial charge < -0.3 is 14.2 Å². The van der Waals surface area contributed by atoms with E-state index in [2.05, 4.69) is 42.3 Å². The third-order valence-corrected chi connectivity index (χ3v) is 5.76. The molecule has 2 aliphatic rings. The van der Waals surface area contributed by atoms with E-state index in [1.54, 1.807) is 4.90 Å². The topological polar surface area (TPSA) is 63.5 Å². The summed E-state index contributed by atoms with van der Waals surface area (Å²) in [6.45, 7) is 11.1. The van der Waals surface area contributed by atoms with Crippen LogP contribution in [0.1, 0.15) is 57.6 Å². The van der Waals surface area contributed by atoms with Crippen LogP contribution in [0.3, 0.4) is 0 Å². The number of hydrogen-bond acceptors (Lipinski definition) is 5. The van der Waals surface area contributed by atoms with Gasteiger partial charge in [-0.3, -0.25) is 4.90 Å². The predicted molar refractivity (Wildman–Crippen MR) is 109 cm³/mol. The molecule has 0 aliphatic carbocycles. The smallest absolute Gasteiger partial charge is 0.410 e. The number of fused-ring (bicyclic) bond motifs is 1. The summed E-state index contributed by atoms with van der Waals surface area (Å²) in [7, 11) is 0. The summed E-state index contributed by atoms with van der Waals surface area (Å²) in [5, 5.41) is 8.87. The average molecular weight is 475 g/mol. The molecule has 0 unspecified atom stereocenters. The van der Waals surface area contributed by atoms with E-state index in [4.69, 9.17) is 4.74 Å². The van der Waals surface area contributed by atoms with Crippen molar-refractivity contribution in [2.75, 3.05) is 30.6 Å². The number of ether oxygens (including phenoxy) is 1. The monoisotopic (exact) mass is 475 g/mol. The fraction of sp³-hybridized carbons (Fsp3) is 0.833. The molecule has 3 heterocycles. The molecule has 0 spiro atoms. The van der Waals surface area contributed by atoms with Crippen molar-refractivity contribution in [1.29, 1.82) is 0 Å². The second kappa shape index (κ2) is 8.41. The zero-order chi connectivity index (χ0) is 18.7. The lowest BCUT2D eigenvalue weighted by Crippen LogP contribution is -2.42. The normalized spacial score (nSPS) is 19.5. The van der Waals surface area contributed by atoms with Crippen molar-refractivity contribution in [3.05, 3.63) is 11.6 Å². The van der Waals surface area contributed by atoms with Gasteiger partial charge in [-0.15, -0.1) is 10.2 Å². The van der Waals surface area contributed by atoms with Crippen LogP contribution in [0.5, 0.6) is 0 Å². The van der Waals surface area contributed by atoms with E-state index in [1.807, 2.05) is 20.8 Å². The van der Waals surface area contributed by atoms with Gasteiger partial charge in [-0.2, -0.15) is 0 Å². The summed E-state index contributed by atoms with van der Waals surface area (Å²) in [5.74, 6) is 2.47. The van der Waals surface area contributed by atoms with Crippen LogP contribution in [0, 0.1) is 0 Å². The van der Waals surface area contributed by atoms with E-state index >= 15 is 0 Å². The number of aromatic nitrogens is 3. The van der Waals surface area contributed by atoms with Crippen LogP contribution in [0.2, 0.25) is 0 Å². The Labute approximate surface area is 169 Å². The van der Waals surface area contributed by atoms with Crippen LogP contribution in [-0.4, -0.2) is 66.9 Å². The minimum atomic E-state index is -0.474. The summed E-state index contributed by atoms with van der Waals surface area (Å²) >= 11 is 2.45. The molecule has 146 valence electrons. The molecular weight excluding hydrogens is 445 g/mol. The van der Waals surface area contributed by atoms with Crippen molar-refractivity contribution < 1.29 is 9.53 Å². The SMILES string of the molecule is CC(C)(C)OC(=O)N1CCn2c(nnc2C2CCN(CCCI)CC2)C1. The number of hydrogen-bond donors (Lipinski definition) is 0. The van der Waals surface area contributed by atoms with Crippen molar-refractivity contribution in [3.63, 3.8) is 0 Å². The third-order valence-electron chi connectivity index (χ3n) is 4.99. The highest BCUT2D eigenvalue weighted by atomic mass is 127. The number of halogens is 1. The van der Waals surface area contributed by atoms with Crippen LogP contribution in [0.4, 0.5) is 4.79 Å². The quantitative estimate of drug-likeness (QED) is 0.495. The molecule has 1 amide bonds. The van der Waals surface area contributed by atoms with Crippen LogP contribution in [-0.2, 0) is 17.8 Å². The van der Waals surface area contributed by atoms with Gasteiger partial charge in [0, 0.05) is 23.4 Å². The zero-order valence-corrected chi connectivity index (χ0v) is 18.2. The molecule has 0 bridgehead atoms. The Morgan fingerprint density at radius 2 is 1.92 bits per heavy atom. The number of amides is 1. The Morgan fingerprint density at radius 3 is 2.58 bits per heavy atom. The Hall–Kier alpha value is -0.900. The van der Waals surface area contributed by atoms with Crippen LogP contribution in [0.15, 0.2) is 0 Å². The highest BCUT2D eigenvalue weighted by molar-refractivity contribution is 14.1. The summed E-state index contributed by atoms with van der Waals surface area (Å²) in [6, 6.07) is 0. The van der Waals surface area contributed by atoms with Gasteiger partial charge in [0.05, 0.1) is 6.54 Å². The van der Waals surface area contributed by atoms with E-state index in [9.17, 15) is 4.79 Å². The van der Waals surface area contributed by atoms with Crippen molar-refractivity contribution in [3.8, 4) is 0 Å². The van der Waals surface area contributed by atoms with Crippen molar-refractivity contribution in [1.82, 2.24) is 24.6 Å². The number of carbonyl (C=O) groups excluding carboxylic acids is 1. The molecule has 1 fully saturated rings. The van der Waals surface area contributed by atoms with Gasteiger partial charge in [-0.05, 0) is 59.7 Å². The molecule has 0 atom stereocenters. The largest absolute Gasteiger partial charge is 0.444 e. The van der Waals surface area contributed by atoms with Gasteiger partial charge in [0.1, 0.15) is 11.4 Å².